The average molecular weight is 310 g/mol. The lowest BCUT2D eigenvalue weighted by Crippen LogP contribution is -2.03. The van der Waals surface area contributed by atoms with E-state index in [1.807, 2.05) is 22.6 Å². The Morgan fingerprint density at radius 1 is 1.57 bits per heavy atom. The zero-order chi connectivity index (χ0) is 10.6. The molecule has 1 aromatic carbocycles. The van der Waals surface area contributed by atoms with Crippen LogP contribution in [0.5, 0.6) is 0 Å². The van der Waals surface area contributed by atoms with Crippen molar-refractivity contribution in [2.24, 2.45) is 0 Å². The van der Waals surface area contributed by atoms with Gasteiger partial charge in [-0.2, -0.15) is 0 Å². The van der Waals surface area contributed by atoms with Crippen LogP contribution in [0, 0.1) is 13.7 Å². The van der Waals surface area contributed by atoms with Gasteiger partial charge in [-0.25, -0.2) is 4.39 Å². The van der Waals surface area contributed by atoms with E-state index in [1.54, 1.807) is 12.1 Å². The largest absolute Gasteiger partial charge is 0.382 e. The highest BCUT2D eigenvalue weighted by molar-refractivity contribution is 14.1. The number of nitrogens with zero attached hydrogens (tertiary/aromatic N) is 1. The molecule has 0 bridgehead atoms. The maximum Gasteiger partial charge on any atom is 0.282 e. The summed E-state index contributed by atoms with van der Waals surface area (Å²) in [6.07, 6.45) is 0. The molecule has 76 valence electrons. The minimum atomic E-state index is -0.465. The van der Waals surface area contributed by atoms with Crippen LogP contribution in [0.25, 0.3) is 0 Å². The normalized spacial score (nSPS) is 9.86. The highest BCUT2D eigenvalue weighted by Crippen LogP contribution is 2.23. The molecule has 0 saturated carbocycles. The monoisotopic (exact) mass is 310 g/mol. The third-order valence-corrected chi connectivity index (χ3v) is 2.43. The topological polar surface area (TPSA) is 55.2 Å². The minimum absolute atomic E-state index is 0.0661. The second kappa shape index (κ2) is 5.08. The number of benzene rings is 1. The zero-order valence-corrected chi connectivity index (χ0v) is 9.32. The maximum absolute atomic E-state index is 11.8. The number of hydrogen-bond acceptors (Lipinski definition) is 3. The van der Waals surface area contributed by atoms with Crippen LogP contribution in [0.3, 0.4) is 0 Å². The fourth-order valence-electron chi connectivity index (χ4n) is 0.957. The Balaban J connectivity index is 2.83. The van der Waals surface area contributed by atoms with Gasteiger partial charge in [-0.1, -0.05) is 0 Å². The number of nitro groups is 1. The molecular weight excluding hydrogens is 302 g/mol. The molecule has 0 amide bonds. The third-order valence-electron chi connectivity index (χ3n) is 1.57. The summed E-state index contributed by atoms with van der Waals surface area (Å²) in [5, 5.41) is 13.3. The molecule has 0 atom stereocenters. The lowest BCUT2D eigenvalue weighted by atomic mass is 10.3. The van der Waals surface area contributed by atoms with Gasteiger partial charge in [0.15, 0.2) is 0 Å². The van der Waals surface area contributed by atoms with E-state index in [0.29, 0.717) is 9.26 Å². The van der Waals surface area contributed by atoms with Crippen molar-refractivity contribution in [3.05, 3.63) is 31.9 Å². The van der Waals surface area contributed by atoms with E-state index in [-0.39, 0.29) is 12.2 Å². The molecule has 0 aromatic heterocycles. The first-order chi connectivity index (χ1) is 6.65. The van der Waals surface area contributed by atoms with Crippen LogP contribution in [0.2, 0.25) is 0 Å². The molecule has 6 heteroatoms. The Labute approximate surface area is 93.8 Å². The number of anilines is 1. The second-order valence-corrected chi connectivity index (χ2v) is 3.70. The Morgan fingerprint density at radius 3 is 2.79 bits per heavy atom. The summed E-state index contributed by atoms with van der Waals surface area (Å²) in [7, 11) is 0. The Kier molecular flexibility index (Phi) is 4.05. The van der Waals surface area contributed by atoms with E-state index in [2.05, 4.69) is 5.32 Å². The molecule has 0 fully saturated rings. The van der Waals surface area contributed by atoms with Gasteiger partial charge in [-0.15, -0.1) is 0 Å². The van der Waals surface area contributed by atoms with Crippen molar-refractivity contribution in [3.63, 3.8) is 0 Å². The van der Waals surface area contributed by atoms with Crippen LogP contribution in [0.4, 0.5) is 15.8 Å². The number of nitro benzene ring substituents is 1. The quantitative estimate of drug-likeness (QED) is 0.528. The Morgan fingerprint density at radius 2 is 2.29 bits per heavy atom. The number of rotatable bonds is 4. The summed E-state index contributed by atoms with van der Waals surface area (Å²) < 4.78 is 12.4. The SMILES string of the molecule is O=[N+]([O-])c1ccc(NCCF)cc1I. The highest BCUT2D eigenvalue weighted by Gasteiger charge is 2.10. The molecule has 0 heterocycles. The zero-order valence-electron chi connectivity index (χ0n) is 7.17. The number of alkyl halides is 1. The lowest BCUT2D eigenvalue weighted by molar-refractivity contribution is -0.385. The molecular formula is C8H8FIN2O2. The minimum Gasteiger partial charge on any atom is -0.382 e. The summed E-state index contributed by atoms with van der Waals surface area (Å²) in [6, 6.07) is 4.59. The van der Waals surface area contributed by atoms with Gasteiger partial charge in [0.1, 0.15) is 6.67 Å². The fraction of sp³-hybridized carbons (Fsp3) is 0.250. The standard InChI is InChI=1S/C8H8FIN2O2/c9-3-4-11-6-1-2-8(12(13)14)7(10)5-6/h1-2,5,11H,3-4H2. The van der Waals surface area contributed by atoms with Crippen LogP contribution in [0.1, 0.15) is 0 Å². The van der Waals surface area contributed by atoms with Crippen molar-refractivity contribution < 1.29 is 9.31 Å². The highest BCUT2D eigenvalue weighted by atomic mass is 127. The molecule has 0 spiro atoms. The summed E-state index contributed by atoms with van der Waals surface area (Å²) in [4.78, 5) is 10.0. The van der Waals surface area contributed by atoms with Crippen molar-refractivity contribution in [1.29, 1.82) is 0 Å². The van der Waals surface area contributed by atoms with E-state index in [0.717, 1.165) is 0 Å². The molecule has 0 aliphatic rings. The van der Waals surface area contributed by atoms with Gasteiger partial charge in [0.25, 0.3) is 5.69 Å². The molecule has 0 aliphatic heterocycles. The van der Waals surface area contributed by atoms with Gasteiger partial charge in [-0.3, -0.25) is 10.1 Å². The molecule has 14 heavy (non-hydrogen) atoms. The van der Waals surface area contributed by atoms with Gasteiger partial charge in [0, 0.05) is 18.3 Å². The van der Waals surface area contributed by atoms with Gasteiger partial charge >= 0.3 is 0 Å². The molecule has 0 radical (unpaired) electrons. The van der Waals surface area contributed by atoms with Gasteiger partial charge < -0.3 is 5.32 Å². The van der Waals surface area contributed by atoms with Crippen molar-refractivity contribution in [2.75, 3.05) is 18.5 Å². The van der Waals surface area contributed by atoms with Crippen molar-refractivity contribution in [2.45, 2.75) is 0 Å². The smallest absolute Gasteiger partial charge is 0.282 e. The predicted molar refractivity (Wildman–Crippen MR) is 60.3 cm³/mol. The average Bonchev–Trinajstić information content (AvgIpc) is 2.14. The lowest BCUT2D eigenvalue weighted by Gasteiger charge is -2.03. The second-order valence-electron chi connectivity index (χ2n) is 2.54. The van der Waals surface area contributed by atoms with Crippen molar-refractivity contribution in [1.82, 2.24) is 0 Å². The van der Waals surface area contributed by atoms with Crippen LogP contribution in [0.15, 0.2) is 18.2 Å². The molecule has 0 saturated heterocycles. The van der Waals surface area contributed by atoms with Crippen molar-refractivity contribution in [3.8, 4) is 0 Å². The van der Waals surface area contributed by atoms with E-state index in [4.69, 9.17) is 0 Å². The molecule has 1 rings (SSSR count). The van der Waals surface area contributed by atoms with Crippen molar-refractivity contribution >= 4 is 34.0 Å². The van der Waals surface area contributed by atoms with Crippen LogP contribution in [-0.4, -0.2) is 18.1 Å². The van der Waals surface area contributed by atoms with E-state index < -0.39 is 11.6 Å². The van der Waals surface area contributed by atoms with Gasteiger partial charge in [0.05, 0.1) is 8.49 Å². The Hall–Kier alpha value is -0.920. The van der Waals surface area contributed by atoms with E-state index in [1.165, 1.54) is 6.07 Å². The summed E-state index contributed by atoms with van der Waals surface area (Å²) in [5.74, 6) is 0. The number of halogens is 2. The Bertz CT molecular complexity index is 346. The number of nitrogens with one attached hydrogen (secondary N) is 1. The van der Waals surface area contributed by atoms with Gasteiger partial charge in [0.2, 0.25) is 0 Å². The van der Waals surface area contributed by atoms with Gasteiger partial charge in [-0.05, 0) is 34.7 Å². The molecule has 4 nitrogen and oxygen atoms in total. The maximum atomic E-state index is 11.8. The fourth-order valence-corrected chi connectivity index (χ4v) is 1.67. The van der Waals surface area contributed by atoms with Crippen LogP contribution in [-0.2, 0) is 0 Å². The summed E-state index contributed by atoms with van der Waals surface area (Å²) in [6.45, 7) is -0.249. The molecule has 0 unspecified atom stereocenters. The predicted octanol–water partition coefficient (Wildman–Crippen LogP) is 2.58. The molecule has 1 aromatic rings. The third kappa shape index (κ3) is 2.79. The first-order valence-electron chi connectivity index (χ1n) is 3.89. The first-order valence-corrected chi connectivity index (χ1v) is 4.97. The summed E-state index contributed by atoms with van der Waals surface area (Å²) >= 11 is 1.88. The molecule has 1 N–H and O–H groups in total. The summed E-state index contributed by atoms with van der Waals surface area (Å²) in [5.41, 5.74) is 0.758. The first kappa shape index (κ1) is 11.2. The molecule has 0 aliphatic carbocycles. The van der Waals surface area contributed by atoms with E-state index in [9.17, 15) is 14.5 Å². The van der Waals surface area contributed by atoms with Crippen LogP contribution < -0.4 is 5.32 Å². The van der Waals surface area contributed by atoms with Crippen LogP contribution >= 0.6 is 22.6 Å². The van der Waals surface area contributed by atoms with E-state index >= 15 is 0 Å². The number of hydrogen-bond donors (Lipinski definition) is 1.